The molecule has 0 amide bonds. The van der Waals surface area contributed by atoms with Crippen molar-refractivity contribution >= 4 is 47.7 Å². The van der Waals surface area contributed by atoms with E-state index in [-0.39, 0.29) is 35.9 Å². The number of halogens is 1. The van der Waals surface area contributed by atoms with Gasteiger partial charge in [0.2, 0.25) is 0 Å². The Balaban J connectivity index is 0.00000400. The molecule has 0 saturated carbocycles. The van der Waals surface area contributed by atoms with E-state index in [0.717, 1.165) is 57.2 Å². The molecule has 124 valence electrons. The van der Waals surface area contributed by atoms with Crippen LogP contribution in [0, 0.1) is 5.92 Å². The summed E-state index contributed by atoms with van der Waals surface area (Å²) in [4.78, 5) is 18.4. The van der Waals surface area contributed by atoms with Gasteiger partial charge < -0.3 is 15.0 Å². The second kappa shape index (κ2) is 12.4. The van der Waals surface area contributed by atoms with Crippen LogP contribution in [0.3, 0.4) is 0 Å². The molecule has 0 aromatic carbocycles. The van der Waals surface area contributed by atoms with Crippen LogP contribution < -0.4 is 5.32 Å². The van der Waals surface area contributed by atoms with Crippen molar-refractivity contribution < 1.29 is 9.53 Å². The smallest absolute Gasteiger partial charge is 0.308 e. The zero-order valence-corrected chi connectivity index (χ0v) is 16.4. The van der Waals surface area contributed by atoms with Gasteiger partial charge in [-0.05, 0) is 38.2 Å². The summed E-state index contributed by atoms with van der Waals surface area (Å²) in [5.74, 6) is 2.10. The molecule has 0 atom stereocenters. The summed E-state index contributed by atoms with van der Waals surface area (Å²) < 4.78 is 4.82. The lowest BCUT2D eigenvalue weighted by molar-refractivity contribution is -0.146. The number of nitrogens with zero attached hydrogens (tertiary/aromatic N) is 2. The van der Waals surface area contributed by atoms with Crippen LogP contribution >= 0.6 is 35.7 Å². The fraction of sp³-hybridized carbons (Fsp3) is 0.857. The molecule has 1 N–H and O–H groups in total. The fourth-order valence-corrected chi connectivity index (χ4v) is 2.73. The molecule has 1 heterocycles. The van der Waals surface area contributed by atoms with Crippen LogP contribution in [0.5, 0.6) is 0 Å². The molecular weight excluding hydrogens is 401 g/mol. The highest BCUT2D eigenvalue weighted by atomic mass is 127. The first-order valence-electron chi connectivity index (χ1n) is 7.33. The lowest BCUT2D eigenvalue weighted by Crippen LogP contribution is -2.46. The van der Waals surface area contributed by atoms with Gasteiger partial charge in [-0.25, -0.2) is 0 Å². The molecule has 0 unspecified atom stereocenters. The maximum atomic E-state index is 11.5. The number of thioether (sulfide) groups is 1. The molecule has 0 aromatic heterocycles. The second-order valence-corrected chi connectivity index (χ2v) is 5.85. The van der Waals surface area contributed by atoms with Crippen molar-refractivity contribution in [2.75, 3.05) is 45.3 Å². The fourth-order valence-electron chi connectivity index (χ4n) is 2.31. The van der Waals surface area contributed by atoms with Gasteiger partial charge in [0.25, 0.3) is 0 Å². The number of methoxy groups -OCH3 is 1. The molecule has 0 radical (unpaired) electrons. The molecule has 5 nitrogen and oxygen atoms in total. The van der Waals surface area contributed by atoms with Gasteiger partial charge in [0.1, 0.15) is 0 Å². The van der Waals surface area contributed by atoms with Crippen molar-refractivity contribution in [3.05, 3.63) is 0 Å². The molecule has 0 aliphatic carbocycles. The molecule has 1 aliphatic heterocycles. The quantitative estimate of drug-likeness (QED) is 0.231. The van der Waals surface area contributed by atoms with Gasteiger partial charge in [0.15, 0.2) is 5.96 Å². The van der Waals surface area contributed by atoms with Gasteiger partial charge in [-0.15, -0.1) is 24.0 Å². The van der Waals surface area contributed by atoms with Crippen molar-refractivity contribution in [1.29, 1.82) is 0 Å². The molecule has 21 heavy (non-hydrogen) atoms. The summed E-state index contributed by atoms with van der Waals surface area (Å²) in [6.45, 7) is 5.55. The number of nitrogens with one attached hydrogen (secondary N) is 1. The summed E-state index contributed by atoms with van der Waals surface area (Å²) in [5.41, 5.74) is 0. The molecule has 1 aliphatic rings. The number of carbonyl (C=O) groups is 1. The highest BCUT2D eigenvalue weighted by molar-refractivity contribution is 14.0. The third-order valence-corrected chi connectivity index (χ3v) is 4.13. The van der Waals surface area contributed by atoms with E-state index in [9.17, 15) is 4.79 Å². The van der Waals surface area contributed by atoms with Crippen LogP contribution in [-0.4, -0.2) is 62.1 Å². The Bertz CT molecular complexity index is 321. The van der Waals surface area contributed by atoms with Crippen LogP contribution in [-0.2, 0) is 9.53 Å². The minimum Gasteiger partial charge on any atom is -0.469 e. The molecule has 1 saturated heterocycles. The van der Waals surface area contributed by atoms with Crippen molar-refractivity contribution in [3.8, 4) is 0 Å². The normalized spacial score (nSPS) is 16.3. The number of guanidine groups is 1. The summed E-state index contributed by atoms with van der Waals surface area (Å²) in [6.07, 6.45) is 4.92. The molecule has 1 rings (SSSR count). The molecule has 0 bridgehead atoms. The Hall–Kier alpha value is -0.180. The minimum atomic E-state index is -0.0773. The highest BCUT2D eigenvalue weighted by Gasteiger charge is 2.26. The average molecular weight is 429 g/mol. The van der Waals surface area contributed by atoms with Crippen LogP contribution in [0.15, 0.2) is 4.99 Å². The number of aliphatic imine (C=N–C) groups is 1. The van der Waals surface area contributed by atoms with E-state index in [2.05, 4.69) is 28.4 Å². The third kappa shape index (κ3) is 7.58. The van der Waals surface area contributed by atoms with Gasteiger partial charge in [-0.1, -0.05) is 0 Å². The minimum absolute atomic E-state index is 0. The monoisotopic (exact) mass is 429 g/mol. The van der Waals surface area contributed by atoms with E-state index >= 15 is 0 Å². The Morgan fingerprint density at radius 3 is 2.62 bits per heavy atom. The molecule has 1 fully saturated rings. The topological polar surface area (TPSA) is 53.9 Å². The maximum absolute atomic E-state index is 11.5. The lowest BCUT2D eigenvalue weighted by Gasteiger charge is -2.33. The van der Waals surface area contributed by atoms with Crippen LogP contribution in [0.25, 0.3) is 0 Å². The van der Waals surface area contributed by atoms with Crippen molar-refractivity contribution in [3.63, 3.8) is 0 Å². The predicted molar refractivity (Wildman–Crippen MR) is 101 cm³/mol. The van der Waals surface area contributed by atoms with Gasteiger partial charge in [-0.3, -0.25) is 9.79 Å². The van der Waals surface area contributed by atoms with Crippen molar-refractivity contribution in [2.24, 2.45) is 10.9 Å². The average Bonchev–Trinajstić information content (AvgIpc) is 2.50. The number of likely N-dealkylation sites (tertiary alicyclic amines) is 1. The van der Waals surface area contributed by atoms with Crippen LogP contribution in [0.2, 0.25) is 0 Å². The van der Waals surface area contributed by atoms with E-state index in [1.54, 1.807) is 0 Å². The third-order valence-electron chi connectivity index (χ3n) is 3.43. The van der Waals surface area contributed by atoms with Crippen molar-refractivity contribution in [2.45, 2.75) is 26.2 Å². The van der Waals surface area contributed by atoms with Gasteiger partial charge in [0.05, 0.1) is 13.0 Å². The zero-order chi connectivity index (χ0) is 14.8. The first-order valence-corrected chi connectivity index (χ1v) is 8.72. The standard InChI is InChI=1S/C14H27N3O2S.HI/c1-4-15-14(16-8-5-11-20-3)17-9-6-12(7-10-17)13(18)19-2;/h12H,4-11H2,1-3H3,(H,15,16);1H. The Morgan fingerprint density at radius 2 is 2.10 bits per heavy atom. The van der Waals surface area contributed by atoms with Gasteiger partial charge >= 0.3 is 5.97 Å². The first kappa shape index (κ1) is 20.8. The number of hydrogen-bond donors (Lipinski definition) is 1. The Morgan fingerprint density at radius 1 is 1.43 bits per heavy atom. The van der Waals surface area contributed by atoms with E-state index in [1.165, 1.54) is 7.11 Å². The second-order valence-electron chi connectivity index (χ2n) is 4.87. The van der Waals surface area contributed by atoms with E-state index in [1.807, 2.05) is 11.8 Å². The van der Waals surface area contributed by atoms with E-state index < -0.39 is 0 Å². The first-order chi connectivity index (χ1) is 9.72. The number of ether oxygens (including phenoxy) is 1. The summed E-state index contributed by atoms with van der Waals surface area (Å²) in [7, 11) is 1.46. The zero-order valence-electron chi connectivity index (χ0n) is 13.3. The Kier molecular flexibility index (Phi) is 12.3. The lowest BCUT2D eigenvalue weighted by atomic mass is 9.97. The van der Waals surface area contributed by atoms with Gasteiger partial charge in [0, 0.05) is 26.2 Å². The molecule has 0 spiro atoms. The van der Waals surface area contributed by atoms with E-state index in [0.29, 0.717) is 0 Å². The number of piperidine rings is 1. The summed E-state index contributed by atoms with van der Waals surface area (Å²) in [5, 5.41) is 3.34. The highest BCUT2D eigenvalue weighted by Crippen LogP contribution is 2.18. The van der Waals surface area contributed by atoms with Gasteiger partial charge in [-0.2, -0.15) is 11.8 Å². The molecular formula is C14H28IN3O2S. The molecule has 0 aromatic rings. The number of esters is 1. The summed E-state index contributed by atoms with van der Waals surface area (Å²) in [6, 6.07) is 0. The predicted octanol–water partition coefficient (Wildman–Crippen LogP) is 2.21. The number of rotatable bonds is 6. The summed E-state index contributed by atoms with van der Waals surface area (Å²) >= 11 is 1.85. The molecule has 7 heteroatoms. The number of hydrogen-bond acceptors (Lipinski definition) is 4. The van der Waals surface area contributed by atoms with Crippen LogP contribution in [0.4, 0.5) is 0 Å². The largest absolute Gasteiger partial charge is 0.469 e. The van der Waals surface area contributed by atoms with Crippen LogP contribution in [0.1, 0.15) is 26.2 Å². The maximum Gasteiger partial charge on any atom is 0.308 e. The number of carbonyl (C=O) groups excluding carboxylic acids is 1. The Labute approximate surface area is 149 Å². The van der Waals surface area contributed by atoms with Crippen molar-refractivity contribution in [1.82, 2.24) is 10.2 Å². The SMILES string of the molecule is CCNC(=NCCCSC)N1CCC(C(=O)OC)CC1.I. The van der Waals surface area contributed by atoms with E-state index in [4.69, 9.17) is 4.74 Å².